The lowest BCUT2D eigenvalue weighted by molar-refractivity contribution is -0.0606. The summed E-state index contributed by atoms with van der Waals surface area (Å²) in [6.45, 7) is 29.9. The van der Waals surface area contributed by atoms with Crippen LogP contribution in [0.5, 0.6) is 0 Å². The molecule has 2 rings (SSSR count). The predicted molar refractivity (Wildman–Crippen MR) is 141 cm³/mol. The summed E-state index contributed by atoms with van der Waals surface area (Å²) in [5.41, 5.74) is 0.978. The van der Waals surface area contributed by atoms with Crippen molar-refractivity contribution in [2.24, 2.45) is 16.2 Å². The zero-order chi connectivity index (χ0) is 24.0. The average molecular weight is 471 g/mol. The molecule has 0 N–H and O–H groups in total. The van der Waals surface area contributed by atoms with Crippen molar-refractivity contribution in [3.8, 4) is 0 Å². The van der Waals surface area contributed by atoms with Crippen molar-refractivity contribution in [1.82, 2.24) is 9.80 Å². The van der Waals surface area contributed by atoms with Crippen molar-refractivity contribution in [2.75, 3.05) is 64.1 Å². The molecule has 0 spiro atoms. The van der Waals surface area contributed by atoms with Gasteiger partial charge in [0.25, 0.3) is 0 Å². The summed E-state index contributed by atoms with van der Waals surface area (Å²) in [5, 5.41) is 0. The minimum absolute atomic E-state index is 0.208. The molecule has 0 saturated carbocycles. The topological polar surface area (TPSA) is 24.9 Å². The fraction of sp³-hybridized carbons (Fsp3) is 1.00. The van der Waals surface area contributed by atoms with Crippen molar-refractivity contribution in [2.45, 2.75) is 93.2 Å². The van der Waals surface area contributed by atoms with E-state index in [9.17, 15) is 0 Å². The van der Waals surface area contributed by atoms with Gasteiger partial charge in [0, 0.05) is 49.3 Å². The highest BCUT2D eigenvalue weighted by Gasteiger charge is 2.50. The number of hydrogen-bond acceptors (Lipinski definition) is 5. The predicted octanol–water partition coefficient (Wildman–Crippen LogP) is 5.80. The standard InChI is InChI=1S/C27H54N2O2S/c1-10-23(28-13-17-30-18-14-28)26(11-2,24(4,5)6)21-32-22-27(12-3,25(7,8)9)29-15-19-31-20-16-29/h23H,10-22H2,1-9H3. The Balaban J connectivity index is 2.28. The molecule has 4 nitrogen and oxygen atoms in total. The maximum atomic E-state index is 5.72. The first kappa shape index (κ1) is 28.4. The summed E-state index contributed by atoms with van der Waals surface area (Å²) in [6.07, 6.45) is 3.64. The molecule has 190 valence electrons. The maximum absolute atomic E-state index is 5.72. The molecule has 0 amide bonds. The molecule has 2 aliphatic rings. The van der Waals surface area contributed by atoms with Crippen LogP contribution in [0.25, 0.3) is 0 Å². The first-order chi connectivity index (χ1) is 15.0. The first-order valence-electron chi connectivity index (χ1n) is 13.2. The monoisotopic (exact) mass is 470 g/mol. The van der Waals surface area contributed by atoms with Crippen LogP contribution in [-0.4, -0.2) is 85.5 Å². The quantitative estimate of drug-likeness (QED) is 0.402. The Morgan fingerprint density at radius 1 is 0.719 bits per heavy atom. The van der Waals surface area contributed by atoms with E-state index in [1.165, 1.54) is 30.8 Å². The van der Waals surface area contributed by atoms with E-state index in [0.717, 1.165) is 52.6 Å². The van der Waals surface area contributed by atoms with Gasteiger partial charge in [-0.2, -0.15) is 11.8 Å². The van der Waals surface area contributed by atoms with Gasteiger partial charge in [-0.3, -0.25) is 9.80 Å². The van der Waals surface area contributed by atoms with Crippen LogP contribution < -0.4 is 0 Å². The molecular weight excluding hydrogens is 416 g/mol. The molecule has 3 unspecified atom stereocenters. The smallest absolute Gasteiger partial charge is 0.0594 e. The van der Waals surface area contributed by atoms with Crippen molar-refractivity contribution in [3.05, 3.63) is 0 Å². The molecule has 0 radical (unpaired) electrons. The summed E-state index contributed by atoms with van der Waals surface area (Å²) in [7, 11) is 0. The molecule has 2 saturated heterocycles. The fourth-order valence-corrected chi connectivity index (χ4v) is 9.05. The Hall–Kier alpha value is 0.190. The van der Waals surface area contributed by atoms with Crippen molar-refractivity contribution in [3.63, 3.8) is 0 Å². The zero-order valence-electron chi connectivity index (χ0n) is 22.9. The van der Waals surface area contributed by atoms with Gasteiger partial charge in [0.2, 0.25) is 0 Å². The van der Waals surface area contributed by atoms with E-state index in [1.54, 1.807) is 0 Å². The highest BCUT2D eigenvalue weighted by atomic mass is 32.2. The zero-order valence-corrected chi connectivity index (χ0v) is 23.7. The Kier molecular flexibility index (Phi) is 10.4. The third kappa shape index (κ3) is 5.87. The first-order valence-corrected chi connectivity index (χ1v) is 14.4. The van der Waals surface area contributed by atoms with E-state index in [-0.39, 0.29) is 21.8 Å². The van der Waals surface area contributed by atoms with Gasteiger partial charge in [-0.1, -0.05) is 62.3 Å². The van der Waals surface area contributed by atoms with E-state index in [2.05, 4.69) is 83.9 Å². The second kappa shape index (κ2) is 11.7. The summed E-state index contributed by atoms with van der Waals surface area (Å²) in [5.74, 6) is 2.43. The Labute approximate surface area is 204 Å². The van der Waals surface area contributed by atoms with Gasteiger partial charge in [0.1, 0.15) is 0 Å². The summed E-state index contributed by atoms with van der Waals surface area (Å²) >= 11 is 2.23. The Morgan fingerprint density at radius 2 is 1.25 bits per heavy atom. The molecule has 0 aromatic heterocycles. The van der Waals surface area contributed by atoms with Gasteiger partial charge in [-0.15, -0.1) is 0 Å². The lowest BCUT2D eigenvalue weighted by atomic mass is 9.60. The fourth-order valence-electron chi connectivity index (χ4n) is 6.60. The second-order valence-corrected chi connectivity index (χ2v) is 13.0. The molecule has 32 heavy (non-hydrogen) atoms. The summed E-state index contributed by atoms with van der Waals surface area (Å²) in [6, 6.07) is 0.609. The van der Waals surface area contributed by atoms with Crippen LogP contribution in [0.15, 0.2) is 0 Å². The second-order valence-electron chi connectivity index (χ2n) is 12.1. The SMILES string of the molecule is CCC(N1CCOCC1)C(CC)(CSCC(CC)(N1CCOCC1)C(C)(C)C)C(C)(C)C. The number of thioether (sulfide) groups is 1. The van der Waals surface area contributed by atoms with Crippen LogP contribution in [0.3, 0.4) is 0 Å². The lowest BCUT2D eigenvalue weighted by Gasteiger charge is -2.56. The van der Waals surface area contributed by atoms with Crippen molar-refractivity contribution in [1.29, 1.82) is 0 Å². The maximum Gasteiger partial charge on any atom is 0.0594 e. The summed E-state index contributed by atoms with van der Waals surface area (Å²) < 4.78 is 11.4. The highest BCUT2D eigenvalue weighted by Crippen LogP contribution is 2.51. The van der Waals surface area contributed by atoms with Crippen LogP contribution in [0.4, 0.5) is 0 Å². The minimum Gasteiger partial charge on any atom is -0.379 e. The van der Waals surface area contributed by atoms with Crippen LogP contribution in [-0.2, 0) is 9.47 Å². The number of nitrogens with zero attached hydrogens (tertiary/aromatic N) is 2. The third-order valence-electron chi connectivity index (χ3n) is 8.93. The molecule has 2 fully saturated rings. The van der Waals surface area contributed by atoms with Gasteiger partial charge in [-0.25, -0.2) is 0 Å². The Bertz CT molecular complexity index is 547. The molecular formula is C27H54N2O2S. The number of morpholine rings is 2. The van der Waals surface area contributed by atoms with Gasteiger partial charge >= 0.3 is 0 Å². The molecule has 0 aliphatic carbocycles. The average Bonchev–Trinajstić information content (AvgIpc) is 2.75. The van der Waals surface area contributed by atoms with Crippen LogP contribution in [0, 0.1) is 16.2 Å². The largest absolute Gasteiger partial charge is 0.379 e. The highest BCUT2D eigenvalue weighted by molar-refractivity contribution is 7.99. The minimum atomic E-state index is 0.208. The van der Waals surface area contributed by atoms with Gasteiger partial charge in [0.05, 0.1) is 26.4 Å². The van der Waals surface area contributed by atoms with E-state index in [0.29, 0.717) is 6.04 Å². The van der Waals surface area contributed by atoms with Crippen molar-refractivity contribution < 1.29 is 9.47 Å². The number of rotatable bonds is 10. The van der Waals surface area contributed by atoms with Gasteiger partial charge in [-0.05, 0) is 35.5 Å². The third-order valence-corrected chi connectivity index (χ3v) is 10.3. The molecule has 5 heteroatoms. The van der Waals surface area contributed by atoms with Gasteiger partial charge in [0.15, 0.2) is 0 Å². The van der Waals surface area contributed by atoms with E-state index < -0.39 is 0 Å². The lowest BCUT2D eigenvalue weighted by Crippen LogP contribution is -2.62. The van der Waals surface area contributed by atoms with E-state index in [1.807, 2.05) is 0 Å². The van der Waals surface area contributed by atoms with Crippen LogP contribution in [0.1, 0.15) is 81.6 Å². The van der Waals surface area contributed by atoms with E-state index >= 15 is 0 Å². The molecule has 0 bridgehead atoms. The normalized spacial score (nSPS) is 24.7. The van der Waals surface area contributed by atoms with Gasteiger partial charge < -0.3 is 9.47 Å². The van der Waals surface area contributed by atoms with Crippen LogP contribution >= 0.6 is 11.8 Å². The summed E-state index contributed by atoms with van der Waals surface area (Å²) in [4.78, 5) is 5.51. The van der Waals surface area contributed by atoms with E-state index in [4.69, 9.17) is 9.47 Å². The Morgan fingerprint density at radius 3 is 1.66 bits per heavy atom. The molecule has 2 aliphatic heterocycles. The number of ether oxygens (including phenoxy) is 2. The molecule has 0 aromatic rings. The number of hydrogen-bond donors (Lipinski definition) is 0. The molecule has 0 aromatic carbocycles. The van der Waals surface area contributed by atoms with Crippen molar-refractivity contribution >= 4 is 11.8 Å². The van der Waals surface area contributed by atoms with Crippen LogP contribution in [0.2, 0.25) is 0 Å². The molecule has 3 atom stereocenters. The molecule has 2 heterocycles.